The number of carbonyl (C=O) groups excluding carboxylic acids is 2. The van der Waals surface area contributed by atoms with Crippen LogP contribution in [-0.4, -0.2) is 22.3 Å². The van der Waals surface area contributed by atoms with Crippen LogP contribution >= 0.6 is 54.5 Å². The highest BCUT2D eigenvalue weighted by atomic mass is 127. The number of rotatable bonds is 4. The average molecular weight is 824 g/mol. The van der Waals surface area contributed by atoms with Gasteiger partial charge in [0.25, 0.3) is 0 Å². The van der Waals surface area contributed by atoms with Crippen molar-refractivity contribution in [1.29, 1.82) is 0 Å². The van der Waals surface area contributed by atoms with Crippen molar-refractivity contribution in [2.75, 3.05) is 20.7 Å². The number of hydrogen-bond acceptors (Lipinski definition) is 4. The summed E-state index contributed by atoms with van der Waals surface area (Å²) in [5.74, 6) is -4.14. The molecule has 0 aliphatic heterocycles. The number of benzene rings is 4. The van der Waals surface area contributed by atoms with E-state index in [1.54, 1.807) is 59.0 Å². The van der Waals surface area contributed by atoms with Crippen LogP contribution in [-0.2, 0) is 6.18 Å². The van der Waals surface area contributed by atoms with Gasteiger partial charge < -0.3 is 20.8 Å². The number of para-hydroxylation sites is 3. The number of amides is 4. The van der Waals surface area contributed by atoms with Crippen molar-refractivity contribution in [2.24, 2.45) is 0 Å². The van der Waals surface area contributed by atoms with Crippen LogP contribution in [0.4, 0.5) is 49.9 Å². The smallest absolute Gasteiger partial charge is 0.419 e. The number of nitrogens with zero attached hydrogens (tertiary/aromatic N) is 2. The summed E-state index contributed by atoms with van der Waals surface area (Å²) in [6.45, 7) is 0. The normalized spacial score (nSPS) is 11.1. The molecule has 0 radical (unpaired) electrons. The van der Waals surface area contributed by atoms with Gasteiger partial charge >= 0.3 is 18.2 Å². The quantitative estimate of drug-likeness (QED) is 0.0937. The van der Waals surface area contributed by atoms with E-state index < -0.39 is 46.8 Å². The van der Waals surface area contributed by atoms with E-state index >= 15 is 0 Å². The maximum atomic E-state index is 15.0. The lowest BCUT2D eigenvalue weighted by atomic mass is 10.1. The van der Waals surface area contributed by atoms with Crippen LogP contribution in [0.3, 0.4) is 0 Å². The van der Waals surface area contributed by atoms with Gasteiger partial charge in [-0.15, -0.1) is 0 Å². The topological polar surface area (TPSA) is 105 Å². The van der Waals surface area contributed by atoms with Gasteiger partial charge in [-0.25, -0.2) is 14.0 Å². The molecule has 0 bridgehead atoms. The lowest BCUT2D eigenvalue weighted by molar-refractivity contribution is -0.140. The van der Waals surface area contributed by atoms with Gasteiger partial charge in [-0.1, -0.05) is 30.3 Å². The molecule has 8 nitrogen and oxygen atoms in total. The summed E-state index contributed by atoms with van der Waals surface area (Å²) in [5.41, 5.74) is -2.58. The SMILES string of the molecule is O=C(Nc1ccccc1Br)N(c1cccc(I)c1O)N(C(=O)Nc1ccccc1Br)c1ccc(C(F)(F)F)c(F)c1O. The highest BCUT2D eigenvalue weighted by Gasteiger charge is 2.39. The van der Waals surface area contributed by atoms with Crippen molar-refractivity contribution in [3.63, 3.8) is 0 Å². The molecule has 0 saturated heterocycles. The van der Waals surface area contributed by atoms with Gasteiger partial charge in [-0.3, -0.25) is 0 Å². The number of alkyl halides is 3. The molecule has 4 aromatic carbocycles. The molecule has 0 unspecified atom stereocenters. The maximum absolute atomic E-state index is 15.0. The van der Waals surface area contributed by atoms with E-state index in [9.17, 15) is 37.4 Å². The molecule has 4 aromatic rings. The van der Waals surface area contributed by atoms with Gasteiger partial charge in [-0.2, -0.15) is 23.2 Å². The number of carbonyl (C=O) groups is 2. The van der Waals surface area contributed by atoms with Crippen LogP contribution in [0.15, 0.2) is 87.8 Å². The molecule has 0 saturated carbocycles. The Morgan fingerprint density at radius 3 is 1.67 bits per heavy atom. The monoisotopic (exact) mass is 822 g/mol. The Morgan fingerprint density at radius 1 is 0.714 bits per heavy atom. The molecule has 0 aromatic heterocycles. The van der Waals surface area contributed by atoms with E-state index in [-0.39, 0.29) is 20.6 Å². The molecule has 0 aliphatic carbocycles. The molecule has 42 heavy (non-hydrogen) atoms. The first kappa shape index (κ1) is 31.4. The zero-order chi connectivity index (χ0) is 30.8. The number of anilines is 4. The molecule has 4 N–H and O–H groups in total. The fourth-order valence-corrected chi connectivity index (χ4v) is 4.95. The minimum Gasteiger partial charge on any atom is -0.505 e. The van der Waals surface area contributed by atoms with Crippen molar-refractivity contribution >= 4 is 89.3 Å². The lowest BCUT2D eigenvalue weighted by Gasteiger charge is -2.35. The van der Waals surface area contributed by atoms with Crippen LogP contribution < -0.4 is 20.7 Å². The average Bonchev–Trinajstić information content (AvgIpc) is 2.93. The van der Waals surface area contributed by atoms with E-state index in [1.165, 1.54) is 30.3 Å². The number of phenols is 2. The zero-order valence-electron chi connectivity index (χ0n) is 20.8. The zero-order valence-corrected chi connectivity index (χ0v) is 26.1. The fourth-order valence-electron chi connectivity index (χ4n) is 3.70. The summed E-state index contributed by atoms with van der Waals surface area (Å²) in [6.07, 6.45) is -5.17. The second-order valence-electron chi connectivity index (χ2n) is 8.34. The summed E-state index contributed by atoms with van der Waals surface area (Å²) < 4.78 is 56.3. The van der Waals surface area contributed by atoms with Gasteiger partial charge in [-0.05, 0) is 103 Å². The van der Waals surface area contributed by atoms with Crippen LogP contribution in [0.25, 0.3) is 0 Å². The molecule has 0 fully saturated rings. The fraction of sp³-hybridized carbons (Fsp3) is 0.0370. The van der Waals surface area contributed by atoms with Gasteiger partial charge in [0.1, 0.15) is 11.4 Å². The number of urea groups is 2. The molecule has 15 heteroatoms. The second-order valence-corrected chi connectivity index (χ2v) is 11.2. The summed E-state index contributed by atoms with van der Waals surface area (Å²) >= 11 is 8.32. The highest BCUT2D eigenvalue weighted by Crippen LogP contribution is 2.42. The van der Waals surface area contributed by atoms with E-state index in [0.29, 0.717) is 31.1 Å². The van der Waals surface area contributed by atoms with Crippen LogP contribution in [0.2, 0.25) is 0 Å². The van der Waals surface area contributed by atoms with E-state index in [4.69, 9.17) is 0 Å². The molecule has 218 valence electrons. The summed E-state index contributed by atoms with van der Waals surface area (Å²) in [6, 6.07) is 15.5. The standard InChI is InChI=1S/C27H17Br2F4IN4O4/c28-15-6-1-3-9-18(15)35-25(41)37(20-11-5-8-17(34)23(20)39)38(26(42)36-19-10-4-2-7-16(19)29)21-13-12-14(27(31,32)33)22(30)24(21)40/h1-13,39-40H,(H,35,41)(H,36,42). The summed E-state index contributed by atoms with van der Waals surface area (Å²) in [7, 11) is 0. The Morgan fingerprint density at radius 2 is 1.19 bits per heavy atom. The number of aromatic hydroxyl groups is 2. The van der Waals surface area contributed by atoms with Crippen molar-refractivity contribution in [3.05, 3.63) is 103 Å². The molecular weight excluding hydrogens is 807 g/mol. The molecule has 0 heterocycles. The van der Waals surface area contributed by atoms with E-state index in [2.05, 4.69) is 42.5 Å². The predicted molar refractivity (Wildman–Crippen MR) is 165 cm³/mol. The Balaban J connectivity index is 1.96. The maximum Gasteiger partial charge on any atom is 0.419 e. The third kappa shape index (κ3) is 6.57. The molecule has 0 aliphatic rings. The largest absolute Gasteiger partial charge is 0.505 e. The minimum atomic E-state index is -5.17. The molecule has 4 amide bonds. The third-order valence-corrected chi connectivity index (χ3v) is 7.89. The molecule has 0 spiro atoms. The highest BCUT2D eigenvalue weighted by molar-refractivity contribution is 14.1. The van der Waals surface area contributed by atoms with Gasteiger partial charge in [0.05, 0.1) is 20.5 Å². The van der Waals surface area contributed by atoms with Crippen LogP contribution in [0.1, 0.15) is 5.56 Å². The van der Waals surface area contributed by atoms with Crippen molar-refractivity contribution in [1.82, 2.24) is 0 Å². The van der Waals surface area contributed by atoms with Crippen molar-refractivity contribution in [2.45, 2.75) is 6.18 Å². The van der Waals surface area contributed by atoms with Crippen molar-refractivity contribution < 1.29 is 37.4 Å². The summed E-state index contributed by atoms with van der Waals surface area (Å²) in [5, 5.41) is 27.6. The minimum absolute atomic E-state index is 0.164. The van der Waals surface area contributed by atoms with E-state index in [1.807, 2.05) is 0 Å². The number of halogens is 7. The lowest BCUT2D eigenvalue weighted by Crippen LogP contribution is -2.54. The van der Waals surface area contributed by atoms with Crippen LogP contribution in [0.5, 0.6) is 11.5 Å². The molecule has 0 atom stereocenters. The second kappa shape index (κ2) is 12.7. The molecule has 4 rings (SSSR count). The van der Waals surface area contributed by atoms with Crippen LogP contribution in [0, 0.1) is 9.39 Å². The number of phenolic OH excluding ortho intramolecular Hbond substituents is 2. The first-order valence-electron chi connectivity index (χ1n) is 11.6. The first-order valence-corrected chi connectivity index (χ1v) is 14.2. The Labute approximate surface area is 266 Å². The first-order chi connectivity index (χ1) is 19.8. The predicted octanol–water partition coefficient (Wildman–Crippen LogP) is 9.08. The Bertz CT molecular complexity index is 1680. The van der Waals surface area contributed by atoms with Gasteiger partial charge in [0.2, 0.25) is 0 Å². The number of hydrazine groups is 1. The van der Waals surface area contributed by atoms with Gasteiger partial charge in [0, 0.05) is 8.95 Å². The number of hydrogen-bond donors (Lipinski definition) is 4. The van der Waals surface area contributed by atoms with Gasteiger partial charge in [0.15, 0.2) is 17.3 Å². The Kier molecular flexibility index (Phi) is 9.52. The van der Waals surface area contributed by atoms with E-state index in [0.717, 1.165) is 0 Å². The molecular formula is C27H17Br2F4IN4O4. The Hall–Kier alpha value is -3.57. The number of nitrogens with one attached hydrogen (secondary N) is 2. The summed E-state index contributed by atoms with van der Waals surface area (Å²) in [4.78, 5) is 27.8. The van der Waals surface area contributed by atoms with Crippen molar-refractivity contribution in [3.8, 4) is 11.5 Å². The third-order valence-electron chi connectivity index (χ3n) is 5.64.